The van der Waals surface area contributed by atoms with Crippen LogP contribution in [0.1, 0.15) is 47.0 Å². The van der Waals surface area contributed by atoms with E-state index in [0.717, 1.165) is 10.5 Å². The molecule has 4 aromatic rings. The van der Waals surface area contributed by atoms with Crippen LogP contribution in [-0.2, 0) is 6.42 Å². The van der Waals surface area contributed by atoms with E-state index in [-0.39, 0.29) is 45.4 Å². The van der Waals surface area contributed by atoms with Gasteiger partial charge in [-0.25, -0.2) is 14.1 Å². The molecule has 3 amide bonds. The molecule has 7 nitrogen and oxygen atoms in total. The second-order valence-electron chi connectivity index (χ2n) is 8.29. The number of carbonyl (C=O) groups is 4. The fourth-order valence-corrected chi connectivity index (χ4v) is 4.43. The summed E-state index contributed by atoms with van der Waals surface area (Å²) in [4.78, 5) is 52.9. The molecule has 0 unspecified atom stereocenters. The van der Waals surface area contributed by atoms with E-state index < -0.39 is 23.7 Å². The van der Waals surface area contributed by atoms with Crippen LogP contribution in [-0.4, -0.2) is 35.3 Å². The van der Waals surface area contributed by atoms with Gasteiger partial charge in [0, 0.05) is 34.0 Å². The summed E-state index contributed by atoms with van der Waals surface area (Å²) in [6, 6.07) is 19.8. The van der Waals surface area contributed by atoms with Crippen molar-refractivity contribution >= 4 is 40.2 Å². The van der Waals surface area contributed by atoms with E-state index in [2.05, 4.69) is 5.32 Å². The summed E-state index contributed by atoms with van der Waals surface area (Å²) in [5.41, 5.74) is 1.32. The molecule has 36 heavy (non-hydrogen) atoms. The van der Waals surface area contributed by atoms with E-state index in [9.17, 15) is 28.7 Å². The number of nitrogens with zero attached hydrogens (tertiary/aromatic N) is 1. The minimum absolute atomic E-state index is 0.0335. The molecule has 2 N–H and O–H groups in total. The van der Waals surface area contributed by atoms with Gasteiger partial charge in [-0.2, -0.15) is 0 Å². The van der Waals surface area contributed by atoms with Crippen molar-refractivity contribution in [1.29, 1.82) is 0 Å². The van der Waals surface area contributed by atoms with E-state index in [1.54, 1.807) is 42.5 Å². The molecule has 0 saturated heterocycles. The summed E-state index contributed by atoms with van der Waals surface area (Å²) in [5.74, 6) is -3.40. The van der Waals surface area contributed by atoms with Gasteiger partial charge in [-0.15, -0.1) is 0 Å². The van der Waals surface area contributed by atoms with Gasteiger partial charge in [0.15, 0.2) is 0 Å². The summed E-state index contributed by atoms with van der Waals surface area (Å²) in [7, 11) is 0. The number of para-hydroxylation sites is 1. The predicted octanol–water partition coefficient (Wildman–Crippen LogP) is 4.45. The predicted molar refractivity (Wildman–Crippen MR) is 131 cm³/mol. The van der Waals surface area contributed by atoms with Crippen LogP contribution in [0.3, 0.4) is 0 Å². The van der Waals surface area contributed by atoms with Crippen molar-refractivity contribution < 1.29 is 28.7 Å². The number of amides is 3. The number of hydrogen-bond donors (Lipinski definition) is 2. The van der Waals surface area contributed by atoms with E-state index in [4.69, 9.17) is 0 Å². The molecule has 0 bridgehead atoms. The van der Waals surface area contributed by atoms with Gasteiger partial charge < -0.3 is 10.4 Å². The molecule has 0 spiro atoms. The average Bonchev–Trinajstić information content (AvgIpc) is 2.88. The molecular formula is C28H19FN2O5. The van der Waals surface area contributed by atoms with Crippen LogP contribution in [0.15, 0.2) is 78.9 Å². The second kappa shape index (κ2) is 9.07. The monoisotopic (exact) mass is 482 g/mol. The maximum Gasteiger partial charge on any atom is 0.336 e. The smallest absolute Gasteiger partial charge is 0.336 e. The molecule has 1 heterocycles. The molecule has 8 heteroatoms. The second-order valence-corrected chi connectivity index (χ2v) is 8.29. The number of rotatable bonds is 6. The third-order valence-corrected chi connectivity index (χ3v) is 6.13. The molecule has 178 valence electrons. The number of benzene rings is 4. The van der Waals surface area contributed by atoms with Gasteiger partial charge in [-0.05, 0) is 60.5 Å². The lowest BCUT2D eigenvalue weighted by Gasteiger charge is -2.28. The third kappa shape index (κ3) is 3.88. The molecule has 0 fully saturated rings. The van der Waals surface area contributed by atoms with Crippen molar-refractivity contribution in [2.45, 2.75) is 6.42 Å². The Labute approximate surface area is 204 Å². The van der Waals surface area contributed by atoms with E-state index >= 15 is 0 Å². The van der Waals surface area contributed by atoms with Crippen molar-refractivity contribution in [3.63, 3.8) is 0 Å². The third-order valence-electron chi connectivity index (χ3n) is 6.13. The lowest BCUT2D eigenvalue weighted by molar-refractivity contribution is 0.0697. The van der Waals surface area contributed by atoms with Crippen LogP contribution in [0.25, 0.3) is 10.8 Å². The van der Waals surface area contributed by atoms with E-state index in [0.29, 0.717) is 12.1 Å². The van der Waals surface area contributed by atoms with Gasteiger partial charge >= 0.3 is 5.97 Å². The normalized spacial score (nSPS) is 12.6. The largest absolute Gasteiger partial charge is 0.478 e. The Kier molecular flexibility index (Phi) is 5.77. The maximum absolute atomic E-state index is 13.4. The lowest BCUT2D eigenvalue weighted by atomic mass is 9.88. The summed E-state index contributed by atoms with van der Waals surface area (Å²) >= 11 is 0. The van der Waals surface area contributed by atoms with Crippen molar-refractivity contribution in [2.24, 2.45) is 0 Å². The van der Waals surface area contributed by atoms with Gasteiger partial charge in [-0.1, -0.05) is 30.3 Å². The molecule has 0 aliphatic carbocycles. The first-order chi connectivity index (χ1) is 17.4. The first-order valence-corrected chi connectivity index (χ1v) is 11.2. The minimum Gasteiger partial charge on any atom is -0.478 e. The van der Waals surface area contributed by atoms with Gasteiger partial charge in [0.25, 0.3) is 17.7 Å². The highest BCUT2D eigenvalue weighted by molar-refractivity contribution is 6.37. The van der Waals surface area contributed by atoms with Crippen LogP contribution in [0.2, 0.25) is 0 Å². The SMILES string of the molecule is O=C(O)c1ccc2c3c(ccc(C(=O)NCCc4ccc(F)cc4)c13)C(=O)N(c1ccccc1)C2=O. The molecule has 0 saturated carbocycles. The van der Waals surface area contributed by atoms with Gasteiger partial charge in [-0.3, -0.25) is 14.4 Å². The highest BCUT2D eigenvalue weighted by Crippen LogP contribution is 2.36. The Morgan fingerprint density at radius 1 is 0.778 bits per heavy atom. The standard InChI is InChI=1S/C28H19FN2O5/c29-17-8-6-16(7-9-17)14-15-30-25(32)19-10-11-20-24-21(12-13-22(23(19)24)28(35)36)27(34)31(26(20)33)18-4-2-1-3-5-18/h1-13H,14-15H2,(H,30,32)(H,35,36). The number of anilines is 1. The number of imide groups is 1. The fourth-order valence-electron chi connectivity index (χ4n) is 4.43. The summed E-state index contributed by atoms with van der Waals surface area (Å²) in [6.45, 7) is 0.218. The van der Waals surface area contributed by atoms with E-state index in [1.165, 1.54) is 36.4 Å². The molecule has 4 aromatic carbocycles. The molecule has 0 atom stereocenters. The molecular weight excluding hydrogens is 463 g/mol. The van der Waals surface area contributed by atoms with Crippen molar-refractivity contribution in [2.75, 3.05) is 11.4 Å². The Bertz CT molecular complexity index is 1530. The highest BCUT2D eigenvalue weighted by atomic mass is 19.1. The van der Waals surface area contributed by atoms with E-state index in [1.807, 2.05) is 0 Å². The zero-order valence-electron chi connectivity index (χ0n) is 18.8. The molecule has 1 aliphatic heterocycles. The number of carbonyl (C=O) groups excluding carboxylic acids is 3. The summed E-state index contributed by atoms with van der Waals surface area (Å²) < 4.78 is 13.1. The van der Waals surface area contributed by atoms with Crippen LogP contribution in [0.4, 0.5) is 10.1 Å². The number of nitrogens with one attached hydrogen (secondary N) is 1. The number of aromatic carboxylic acids is 1. The lowest BCUT2D eigenvalue weighted by Crippen LogP contribution is -2.40. The summed E-state index contributed by atoms with van der Waals surface area (Å²) in [6.07, 6.45) is 0.433. The maximum atomic E-state index is 13.4. The Hall–Kier alpha value is -4.85. The molecule has 0 aromatic heterocycles. The Balaban J connectivity index is 1.55. The van der Waals surface area contributed by atoms with Crippen molar-refractivity contribution in [3.8, 4) is 0 Å². The van der Waals surface area contributed by atoms with Gasteiger partial charge in [0.05, 0.1) is 11.3 Å². The van der Waals surface area contributed by atoms with Gasteiger partial charge in [0.1, 0.15) is 5.82 Å². The van der Waals surface area contributed by atoms with Gasteiger partial charge in [0.2, 0.25) is 0 Å². The topological polar surface area (TPSA) is 104 Å². The van der Waals surface area contributed by atoms with Crippen LogP contribution < -0.4 is 10.2 Å². The van der Waals surface area contributed by atoms with Crippen molar-refractivity contribution in [1.82, 2.24) is 5.32 Å². The Morgan fingerprint density at radius 2 is 1.39 bits per heavy atom. The highest BCUT2D eigenvalue weighted by Gasteiger charge is 2.36. The molecule has 1 aliphatic rings. The van der Waals surface area contributed by atoms with Crippen LogP contribution in [0.5, 0.6) is 0 Å². The first-order valence-electron chi connectivity index (χ1n) is 11.2. The number of halogens is 1. The zero-order valence-corrected chi connectivity index (χ0v) is 18.8. The van der Waals surface area contributed by atoms with Crippen molar-refractivity contribution in [3.05, 3.63) is 112 Å². The summed E-state index contributed by atoms with van der Waals surface area (Å²) in [5, 5.41) is 12.7. The zero-order chi connectivity index (χ0) is 25.4. The van der Waals surface area contributed by atoms with Crippen LogP contribution in [0, 0.1) is 5.82 Å². The van der Waals surface area contributed by atoms with Crippen LogP contribution >= 0.6 is 0 Å². The quantitative estimate of drug-likeness (QED) is 0.395. The average molecular weight is 482 g/mol. The number of carboxylic acids is 1. The Morgan fingerprint density at radius 3 is 2.00 bits per heavy atom. The first kappa shape index (κ1) is 22.9. The number of carboxylic acid groups (broad SMARTS) is 1. The fraction of sp³-hybridized carbons (Fsp3) is 0.0714. The molecule has 5 rings (SSSR count). The number of hydrogen-bond acceptors (Lipinski definition) is 4. The molecule has 0 radical (unpaired) electrons. The minimum atomic E-state index is -1.29.